The molecule has 2 aromatic rings. The van der Waals surface area contributed by atoms with Crippen LogP contribution in [0.2, 0.25) is 5.02 Å². The maximum absolute atomic E-state index is 12.7. The van der Waals surface area contributed by atoms with E-state index in [-0.39, 0.29) is 11.2 Å². The van der Waals surface area contributed by atoms with Crippen LogP contribution in [0.4, 0.5) is 5.69 Å². The number of benzene rings is 2. The predicted octanol–water partition coefficient (Wildman–Crippen LogP) is 4.17. The van der Waals surface area contributed by atoms with Crippen molar-refractivity contribution in [3.8, 4) is 17.2 Å². The zero-order valence-electron chi connectivity index (χ0n) is 16.1. The van der Waals surface area contributed by atoms with Gasteiger partial charge in [0.2, 0.25) is 5.91 Å². The molecular formula is C20H21ClN2O4S. The van der Waals surface area contributed by atoms with Crippen molar-refractivity contribution in [1.82, 2.24) is 4.90 Å². The van der Waals surface area contributed by atoms with Crippen molar-refractivity contribution in [1.29, 1.82) is 0 Å². The first-order chi connectivity index (χ1) is 13.5. The van der Waals surface area contributed by atoms with E-state index in [0.717, 1.165) is 17.0 Å². The number of halogens is 1. The number of hydrogen-bond donors (Lipinski definition) is 0. The first-order valence-electron chi connectivity index (χ1n) is 8.54. The quantitative estimate of drug-likeness (QED) is 0.701. The van der Waals surface area contributed by atoms with Crippen LogP contribution in [0, 0.1) is 0 Å². The first-order valence-corrected chi connectivity index (χ1v) is 9.80. The molecule has 1 amide bonds. The van der Waals surface area contributed by atoms with Gasteiger partial charge in [0.1, 0.15) is 5.75 Å². The Hall–Kier alpha value is -2.38. The van der Waals surface area contributed by atoms with Crippen molar-refractivity contribution >= 4 is 40.1 Å². The molecule has 28 heavy (non-hydrogen) atoms. The van der Waals surface area contributed by atoms with Crippen molar-refractivity contribution in [3.05, 3.63) is 47.0 Å². The Morgan fingerprint density at radius 3 is 2.32 bits per heavy atom. The Labute approximate surface area is 173 Å². The second kappa shape index (κ2) is 8.75. The van der Waals surface area contributed by atoms with Gasteiger partial charge in [0.25, 0.3) is 0 Å². The molecule has 1 aliphatic rings. The molecule has 1 atom stereocenters. The van der Waals surface area contributed by atoms with Crippen LogP contribution >= 0.6 is 23.4 Å². The van der Waals surface area contributed by atoms with Gasteiger partial charge in [-0.15, -0.1) is 0 Å². The number of nitrogens with zero attached hydrogens (tertiary/aromatic N) is 2. The minimum absolute atomic E-state index is 0.0110. The van der Waals surface area contributed by atoms with Crippen molar-refractivity contribution < 1.29 is 19.0 Å². The lowest BCUT2D eigenvalue weighted by Crippen LogP contribution is -2.28. The zero-order chi connectivity index (χ0) is 20.3. The summed E-state index contributed by atoms with van der Waals surface area (Å²) in [5, 5.41) is 0.878. The Balaban J connectivity index is 1.81. The number of methoxy groups -OCH3 is 3. The van der Waals surface area contributed by atoms with Gasteiger partial charge in [0.05, 0.1) is 32.3 Å². The van der Waals surface area contributed by atoms with Gasteiger partial charge in [0, 0.05) is 18.1 Å². The number of amidine groups is 1. The molecule has 3 rings (SSSR count). The molecule has 1 heterocycles. The minimum Gasteiger partial charge on any atom is -0.497 e. The number of aliphatic imine (C=N–C) groups is 1. The normalized spacial score (nSPS) is 17.9. The SMILES string of the molecule is COc1ccc(N=C2S[C@H](Cc3cc(OC)c(OC)cc3Cl)C(=O)N2C)cc1. The number of carbonyl (C=O) groups is 1. The van der Waals surface area contributed by atoms with E-state index in [1.165, 1.54) is 11.8 Å². The smallest absolute Gasteiger partial charge is 0.242 e. The highest BCUT2D eigenvalue weighted by atomic mass is 35.5. The average Bonchev–Trinajstić information content (AvgIpc) is 2.97. The molecule has 0 N–H and O–H groups in total. The van der Waals surface area contributed by atoms with Crippen LogP contribution in [0.25, 0.3) is 0 Å². The largest absolute Gasteiger partial charge is 0.497 e. The van der Waals surface area contributed by atoms with Gasteiger partial charge in [0.15, 0.2) is 16.7 Å². The maximum Gasteiger partial charge on any atom is 0.242 e. The van der Waals surface area contributed by atoms with E-state index in [0.29, 0.717) is 28.1 Å². The molecule has 0 bridgehead atoms. The molecule has 8 heteroatoms. The molecule has 1 saturated heterocycles. The molecule has 1 fully saturated rings. The highest BCUT2D eigenvalue weighted by Gasteiger charge is 2.36. The van der Waals surface area contributed by atoms with Crippen LogP contribution < -0.4 is 14.2 Å². The molecule has 0 saturated carbocycles. The molecule has 6 nitrogen and oxygen atoms in total. The fourth-order valence-corrected chi connectivity index (χ4v) is 4.23. The lowest BCUT2D eigenvalue weighted by Gasteiger charge is -2.13. The second-order valence-corrected chi connectivity index (χ2v) is 7.68. The Bertz CT molecular complexity index is 902. The maximum atomic E-state index is 12.7. The second-order valence-electron chi connectivity index (χ2n) is 6.10. The van der Waals surface area contributed by atoms with Crippen molar-refractivity contribution in [2.75, 3.05) is 28.4 Å². The first kappa shape index (κ1) is 20.4. The third-order valence-electron chi connectivity index (χ3n) is 4.40. The van der Waals surface area contributed by atoms with E-state index in [1.54, 1.807) is 39.3 Å². The van der Waals surface area contributed by atoms with Crippen LogP contribution in [-0.4, -0.2) is 49.6 Å². The zero-order valence-corrected chi connectivity index (χ0v) is 17.6. The standard InChI is InChI=1S/C20H21ClN2O4S/c1-23-19(24)18(10-12-9-16(26-3)17(27-4)11-15(12)21)28-20(23)22-13-5-7-14(25-2)8-6-13/h5-9,11,18H,10H2,1-4H3/t18-/m1/s1. The summed E-state index contributed by atoms with van der Waals surface area (Å²) in [6, 6.07) is 10.9. The van der Waals surface area contributed by atoms with Crippen molar-refractivity contribution in [2.24, 2.45) is 4.99 Å². The van der Waals surface area contributed by atoms with Crippen molar-refractivity contribution in [2.45, 2.75) is 11.7 Å². The molecule has 0 unspecified atom stereocenters. The summed E-state index contributed by atoms with van der Waals surface area (Å²) in [6.07, 6.45) is 0.467. The lowest BCUT2D eigenvalue weighted by molar-refractivity contribution is -0.125. The van der Waals surface area contributed by atoms with Crippen molar-refractivity contribution in [3.63, 3.8) is 0 Å². The summed E-state index contributed by atoms with van der Waals surface area (Å²) in [6.45, 7) is 0. The van der Waals surface area contributed by atoms with Gasteiger partial charge in [-0.25, -0.2) is 4.99 Å². The highest BCUT2D eigenvalue weighted by Crippen LogP contribution is 2.37. The summed E-state index contributed by atoms with van der Waals surface area (Å²) in [5.41, 5.74) is 1.58. The third-order valence-corrected chi connectivity index (χ3v) is 5.98. The van der Waals surface area contributed by atoms with Crippen LogP contribution in [-0.2, 0) is 11.2 Å². The summed E-state index contributed by atoms with van der Waals surface area (Å²) >= 11 is 7.81. The van der Waals surface area contributed by atoms with Gasteiger partial charge in [-0.3, -0.25) is 9.69 Å². The Morgan fingerprint density at radius 2 is 1.71 bits per heavy atom. The predicted molar refractivity (Wildman–Crippen MR) is 112 cm³/mol. The van der Waals surface area contributed by atoms with Crippen LogP contribution in [0.5, 0.6) is 17.2 Å². The third kappa shape index (κ3) is 4.20. The molecule has 0 spiro atoms. The van der Waals surface area contributed by atoms with E-state index in [1.807, 2.05) is 30.3 Å². The number of amides is 1. The van der Waals surface area contributed by atoms with Gasteiger partial charge in [-0.05, 0) is 42.3 Å². The number of thioether (sulfide) groups is 1. The van der Waals surface area contributed by atoms with Gasteiger partial charge in [-0.2, -0.15) is 0 Å². The minimum atomic E-state index is -0.308. The van der Waals surface area contributed by atoms with E-state index in [4.69, 9.17) is 25.8 Å². The molecule has 2 aromatic carbocycles. The topological polar surface area (TPSA) is 60.4 Å². The van der Waals surface area contributed by atoms with E-state index in [9.17, 15) is 4.79 Å². The molecule has 1 aliphatic heterocycles. The number of carbonyl (C=O) groups excluding carboxylic acids is 1. The van der Waals surface area contributed by atoms with Crippen LogP contribution in [0.3, 0.4) is 0 Å². The fourth-order valence-electron chi connectivity index (χ4n) is 2.82. The highest BCUT2D eigenvalue weighted by molar-refractivity contribution is 8.15. The lowest BCUT2D eigenvalue weighted by atomic mass is 10.1. The van der Waals surface area contributed by atoms with Gasteiger partial charge < -0.3 is 14.2 Å². The summed E-state index contributed by atoms with van der Waals surface area (Å²) in [7, 11) is 6.47. The summed E-state index contributed by atoms with van der Waals surface area (Å²) in [4.78, 5) is 18.9. The molecule has 0 radical (unpaired) electrons. The van der Waals surface area contributed by atoms with Crippen LogP contribution in [0.15, 0.2) is 41.4 Å². The molecular weight excluding hydrogens is 400 g/mol. The number of hydrogen-bond acceptors (Lipinski definition) is 6. The van der Waals surface area contributed by atoms with E-state index < -0.39 is 0 Å². The molecule has 148 valence electrons. The molecule has 0 aromatic heterocycles. The van der Waals surface area contributed by atoms with E-state index in [2.05, 4.69) is 4.99 Å². The Morgan fingerprint density at radius 1 is 1.07 bits per heavy atom. The number of rotatable bonds is 6. The summed E-state index contributed by atoms with van der Waals surface area (Å²) in [5.74, 6) is 1.88. The fraction of sp³-hybridized carbons (Fsp3) is 0.300. The van der Waals surface area contributed by atoms with Gasteiger partial charge >= 0.3 is 0 Å². The van der Waals surface area contributed by atoms with Crippen LogP contribution in [0.1, 0.15) is 5.56 Å². The Kier molecular flexibility index (Phi) is 6.36. The van der Waals surface area contributed by atoms with Gasteiger partial charge in [-0.1, -0.05) is 23.4 Å². The summed E-state index contributed by atoms with van der Waals surface area (Å²) < 4.78 is 15.8. The molecule has 0 aliphatic carbocycles. The van der Waals surface area contributed by atoms with E-state index >= 15 is 0 Å². The number of ether oxygens (including phenoxy) is 3. The monoisotopic (exact) mass is 420 g/mol. The average molecular weight is 421 g/mol.